The highest BCUT2D eigenvalue weighted by atomic mass is 16.2. The van der Waals surface area contributed by atoms with Crippen molar-refractivity contribution < 1.29 is 9.90 Å². The summed E-state index contributed by atoms with van der Waals surface area (Å²) in [5.41, 5.74) is 3.71. The molecule has 2 aromatic rings. The maximum atomic E-state index is 12.0. The molecule has 0 atom stereocenters. The molecule has 3 nitrogen and oxygen atoms in total. The maximum Gasteiger partial charge on any atom is 0.228 e. The molecule has 0 fully saturated rings. The number of amides is 1. The first kappa shape index (κ1) is 14.8. The van der Waals surface area contributed by atoms with Gasteiger partial charge in [0.15, 0.2) is 0 Å². The van der Waals surface area contributed by atoms with Crippen LogP contribution in [0.5, 0.6) is 0 Å². The summed E-state index contributed by atoms with van der Waals surface area (Å²) in [6.07, 6.45) is 0.354. The van der Waals surface area contributed by atoms with Crippen molar-refractivity contribution in [1.29, 1.82) is 0 Å². The summed E-state index contributed by atoms with van der Waals surface area (Å²) >= 11 is 0. The molecule has 0 saturated heterocycles. The van der Waals surface area contributed by atoms with Gasteiger partial charge in [-0.15, -0.1) is 0 Å². The van der Waals surface area contributed by atoms with Crippen molar-refractivity contribution in [2.45, 2.75) is 13.3 Å². The zero-order valence-corrected chi connectivity index (χ0v) is 11.9. The van der Waals surface area contributed by atoms with Gasteiger partial charge in [-0.05, 0) is 36.8 Å². The van der Waals surface area contributed by atoms with Gasteiger partial charge in [-0.25, -0.2) is 0 Å². The van der Waals surface area contributed by atoms with Gasteiger partial charge in [0.1, 0.15) is 6.61 Å². The number of anilines is 1. The monoisotopic (exact) mass is 279 g/mol. The van der Waals surface area contributed by atoms with Crippen LogP contribution >= 0.6 is 0 Å². The minimum absolute atomic E-state index is 0.0481. The molecular weight excluding hydrogens is 262 g/mol. The van der Waals surface area contributed by atoms with E-state index in [1.807, 2.05) is 43.3 Å². The van der Waals surface area contributed by atoms with Crippen LogP contribution in [0.15, 0.2) is 48.5 Å². The number of carbonyl (C=O) groups excluding carboxylic acids is 1. The molecule has 0 saturated carbocycles. The van der Waals surface area contributed by atoms with Crippen LogP contribution in [0.4, 0.5) is 5.69 Å². The minimum atomic E-state index is -0.158. The van der Waals surface area contributed by atoms with Crippen LogP contribution in [-0.2, 0) is 11.2 Å². The van der Waals surface area contributed by atoms with Crippen LogP contribution in [0.1, 0.15) is 16.7 Å². The lowest BCUT2D eigenvalue weighted by Gasteiger charge is -2.05. The Bertz CT molecular complexity index is 661. The van der Waals surface area contributed by atoms with E-state index in [-0.39, 0.29) is 12.5 Å². The Balaban J connectivity index is 1.94. The van der Waals surface area contributed by atoms with E-state index in [0.29, 0.717) is 6.42 Å². The SMILES string of the molecule is Cc1ccc(CC(=O)Nc2ccc(C#CCO)cc2)cc1. The lowest BCUT2D eigenvalue weighted by atomic mass is 10.1. The van der Waals surface area contributed by atoms with E-state index < -0.39 is 0 Å². The Morgan fingerprint density at radius 2 is 1.76 bits per heavy atom. The number of rotatable bonds is 3. The fourth-order valence-electron chi connectivity index (χ4n) is 1.87. The quantitative estimate of drug-likeness (QED) is 0.848. The average molecular weight is 279 g/mol. The van der Waals surface area contributed by atoms with Crippen molar-refractivity contribution in [2.24, 2.45) is 0 Å². The average Bonchev–Trinajstić information content (AvgIpc) is 2.49. The molecule has 0 heterocycles. The van der Waals surface area contributed by atoms with Gasteiger partial charge in [-0.2, -0.15) is 0 Å². The molecule has 0 unspecified atom stereocenters. The van der Waals surface area contributed by atoms with Gasteiger partial charge in [0.2, 0.25) is 5.91 Å². The fraction of sp³-hybridized carbons (Fsp3) is 0.167. The number of hydrogen-bond acceptors (Lipinski definition) is 2. The maximum absolute atomic E-state index is 12.0. The zero-order valence-electron chi connectivity index (χ0n) is 11.9. The molecule has 0 bridgehead atoms. The summed E-state index contributed by atoms with van der Waals surface area (Å²) < 4.78 is 0. The number of aliphatic hydroxyl groups is 1. The molecule has 1 amide bonds. The van der Waals surface area contributed by atoms with E-state index in [1.54, 1.807) is 12.1 Å². The first-order chi connectivity index (χ1) is 10.2. The van der Waals surface area contributed by atoms with Gasteiger partial charge in [-0.1, -0.05) is 41.7 Å². The van der Waals surface area contributed by atoms with Gasteiger partial charge in [0, 0.05) is 11.3 Å². The topological polar surface area (TPSA) is 49.3 Å². The molecule has 0 aliphatic heterocycles. The normalized spacial score (nSPS) is 9.62. The molecule has 0 aromatic heterocycles. The summed E-state index contributed by atoms with van der Waals surface area (Å²) in [6, 6.07) is 15.1. The lowest BCUT2D eigenvalue weighted by molar-refractivity contribution is -0.115. The molecule has 21 heavy (non-hydrogen) atoms. The molecule has 0 aliphatic rings. The van der Waals surface area contributed by atoms with Gasteiger partial charge in [0.05, 0.1) is 6.42 Å². The smallest absolute Gasteiger partial charge is 0.228 e. The Morgan fingerprint density at radius 3 is 2.38 bits per heavy atom. The predicted octanol–water partition coefficient (Wildman–Crippen LogP) is 2.52. The molecule has 2 rings (SSSR count). The van der Waals surface area contributed by atoms with Crippen LogP contribution in [0.25, 0.3) is 0 Å². The number of carbonyl (C=O) groups is 1. The van der Waals surface area contributed by atoms with Crippen molar-refractivity contribution in [2.75, 3.05) is 11.9 Å². The number of nitrogens with one attached hydrogen (secondary N) is 1. The third kappa shape index (κ3) is 4.79. The minimum Gasteiger partial charge on any atom is -0.384 e. The van der Waals surface area contributed by atoms with Crippen molar-refractivity contribution in [3.8, 4) is 11.8 Å². The Labute approximate surface area is 124 Å². The van der Waals surface area contributed by atoms with Gasteiger partial charge >= 0.3 is 0 Å². The van der Waals surface area contributed by atoms with Crippen molar-refractivity contribution in [1.82, 2.24) is 0 Å². The van der Waals surface area contributed by atoms with Gasteiger partial charge < -0.3 is 10.4 Å². The van der Waals surface area contributed by atoms with E-state index in [2.05, 4.69) is 17.2 Å². The van der Waals surface area contributed by atoms with Crippen LogP contribution in [-0.4, -0.2) is 17.6 Å². The highest BCUT2D eigenvalue weighted by molar-refractivity contribution is 5.92. The molecule has 0 spiro atoms. The lowest BCUT2D eigenvalue weighted by Crippen LogP contribution is -2.14. The van der Waals surface area contributed by atoms with Crippen LogP contribution in [0.3, 0.4) is 0 Å². The van der Waals surface area contributed by atoms with E-state index in [9.17, 15) is 4.79 Å². The molecule has 3 heteroatoms. The second-order valence-electron chi connectivity index (χ2n) is 4.75. The number of benzene rings is 2. The van der Waals surface area contributed by atoms with Crippen molar-refractivity contribution in [3.05, 3.63) is 65.2 Å². The van der Waals surface area contributed by atoms with E-state index in [1.165, 1.54) is 5.56 Å². The summed E-state index contributed by atoms with van der Waals surface area (Å²) in [4.78, 5) is 12.0. The molecule has 0 radical (unpaired) electrons. The van der Waals surface area contributed by atoms with Crippen LogP contribution in [0, 0.1) is 18.8 Å². The molecule has 2 aromatic carbocycles. The van der Waals surface area contributed by atoms with E-state index in [0.717, 1.165) is 16.8 Å². The largest absolute Gasteiger partial charge is 0.384 e. The molecule has 106 valence electrons. The third-order valence-electron chi connectivity index (χ3n) is 2.97. The molecule has 2 N–H and O–H groups in total. The van der Waals surface area contributed by atoms with Gasteiger partial charge in [-0.3, -0.25) is 4.79 Å². The number of aryl methyl sites for hydroxylation is 1. The van der Waals surface area contributed by atoms with Crippen molar-refractivity contribution in [3.63, 3.8) is 0 Å². The van der Waals surface area contributed by atoms with Crippen LogP contribution in [0.2, 0.25) is 0 Å². The summed E-state index contributed by atoms with van der Waals surface area (Å²) in [5.74, 6) is 5.34. The number of hydrogen-bond donors (Lipinski definition) is 2. The first-order valence-corrected chi connectivity index (χ1v) is 6.72. The van der Waals surface area contributed by atoms with E-state index >= 15 is 0 Å². The molecule has 0 aliphatic carbocycles. The Kier molecular flexibility index (Phi) is 5.14. The molecular formula is C18H17NO2. The summed E-state index contributed by atoms with van der Waals surface area (Å²) in [7, 11) is 0. The Hall–Kier alpha value is -2.57. The highest BCUT2D eigenvalue weighted by Gasteiger charge is 2.03. The second-order valence-corrected chi connectivity index (χ2v) is 4.75. The first-order valence-electron chi connectivity index (χ1n) is 6.72. The standard InChI is InChI=1S/C18H17NO2/c1-14-4-6-16(7-5-14)13-18(21)19-17-10-8-15(9-11-17)3-2-12-20/h4-11,20H,12-13H2,1H3,(H,19,21). The predicted molar refractivity (Wildman–Crippen MR) is 83.9 cm³/mol. The third-order valence-corrected chi connectivity index (χ3v) is 2.97. The zero-order chi connectivity index (χ0) is 15.1. The second kappa shape index (κ2) is 7.28. The van der Waals surface area contributed by atoms with E-state index in [4.69, 9.17) is 5.11 Å². The highest BCUT2D eigenvalue weighted by Crippen LogP contribution is 2.10. The number of aliphatic hydroxyl groups excluding tert-OH is 1. The Morgan fingerprint density at radius 1 is 1.10 bits per heavy atom. The fourth-order valence-corrected chi connectivity index (χ4v) is 1.87. The van der Waals surface area contributed by atoms with Crippen LogP contribution < -0.4 is 5.32 Å². The van der Waals surface area contributed by atoms with Crippen molar-refractivity contribution >= 4 is 11.6 Å². The summed E-state index contributed by atoms with van der Waals surface area (Å²) in [5, 5.41) is 11.5. The van der Waals surface area contributed by atoms with Gasteiger partial charge in [0.25, 0.3) is 0 Å². The summed E-state index contributed by atoms with van der Waals surface area (Å²) in [6.45, 7) is 1.86.